The minimum absolute atomic E-state index is 0.349. The molecule has 1 N–H and O–H groups in total. The first-order valence-corrected chi connectivity index (χ1v) is 6.46. The molecule has 3 heterocycles. The van der Waals surface area contributed by atoms with Crippen LogP contribution < -0.4 is 5.32 Å². The minimum atomic E-state index is 0.349. The Morgan fingerprint density at radius 2 is 2.27 bits per heavy atom. The van der Waals surface area contributed by atoms with Crippen LogP contribution in [-0.2, 0) is 4.74 Å². The Morgan fingerprint density at radius 3 is 3.13 bits per heavy atom. The smallest absolute Gasteiger partial charge is 0.0662 e. The average Bonchev–Trinajstić information content (AvgIpc) is 2.31. The van der Waals surface area contributed by atoms with E-state index in [2.05, 4.69) is 10.2 Å². The van der Waals surface area contributed by atoms with Crippen molar-refractivity contribution in [3.8, 4) is 0 Å². The topological polar surface area (TPSA) is 24.5 Å². The van der Waals surface area contributed by atoms with Crippen LogP contribution in [0.4, 0.5) is 0 Å². The molecule has 86 valence electrons. The highest BCUT2D eigenvalue weighted by molar-refractivity contribution is 5.02. The van der Waals surface area contributed by atoms with Crippen LogP contribution in [0.25, 0.3) is 0 Å². The summed E-state index contributed by atoms with van der Waals surface area (Å²) in [5.74, 6) is 0. The highest BCUT2D eigenvalue weighted by atomic mass is 16.5. The first-order chi connectivity index (χ1) is 7.41. The zero-order chi connectivity index (χ0) is 10.1. The molecule has 3 heteroatoms. The maximum absolute atomic E-state index is 5.73. The first kappa shape index (κ1) is 10.1. The van der Waals surface area contributed by atoms with Gasteiger partial charge in [-0.15, -0.1) is 0 Å². The number of piperidine rings is 1. The summed E-state index contributed by atoms with van der Waals surface area (Å²) in [6.45, 7) is 5.57. The van der Waals surface area contributed by atoms with Gasteiger partial charge in [-0.25, -0.2) is 0 Å². The predicted octanol–water partition coefficient (Wildman–Crippen LogP) is 0.993. The number of ether oxygens (including phenoxy) is 1. The second-order valence-electron chi connectivity index (χ2n) is 5.35. The van der Waals surface area contributed by atoms with Crippen molar-refractivity contribution in [3.05, 3.63) is 0 Å². The summed E-state index contributed by atoms with van der Waals surface area (Å²) in [6.07, 6.45) is 6.76. The summed E-state index contributed by atoms with van der Waals surface area (Å²) in [6, 6.07) is 0.786. The van der Waals surface area contributed by atoms with Crippen molar-refractivity contribution in [2.45, 2.75) is 43.7 Å². The standard InChI is InChI=1S/C12H22N2O/c1-2-6-14-11(4-1)8-13-9-12(14)5-3-7-15-10-12/h11,13H,1-10H2. The van der Waals surface area contributed by atoms with Crippen molar-refractivity contribution in [2.75, 3.05) is 32.8 Å². The summed E-state index contributed by atoms with van der Waals surface area (Å²) in [5.41, 5.74) is 0.349. The number of fused-ring (bicyclic) bond motifs is 2. The molecule has 3 nitrogen and oxygen atoms in total. The Hall–Kier alpha value is -0.120. The van der Waals surface area contributed by atoms with Crippen LogP contribution in [0, 0.1) is 0 Å². The van der Waals surface area contributed by atoms with Gasteiger partial charge in [0.15, 0.2) is 0 Å². The first-order valence-electron chi connectivity index (χ1n) is 6.46. The number of nitrogens with zero attached hydrogens (tertiary/aromatic N) is 1. The van der Waals surface area contributed by atoms with E-state index in [0.29, 0.717) is 5.54 Å². The molecule has 0 aromatic rings. The molecule has 3 fully saturated rings. The van der Waals surface area contributed by atoms with Gasteiger partial charge in [0, 0.05) is 25.7 Å². The number of nitrogens with one attached hydrogen (secondary N) is 1. The van der Waals surface area contributed by atoms with Gasteiger partial charge in [-0.1, -0.05) is 6.42 Å². The SMILES string of the molecule is C1CCN2C(C1)CNCC21CCCOC1. The fourth-order valence-corrected chi connectivity index (χ4v) is 3.61. The third-order valence-corrected chi connectivity index (χ3v) is 4.37. The van der Waals surface area contributed by atoms with Crippen LogP contribution in [0.2, 0.25) is 0 Å². The average molecular weight is 210 g/mol. The van der Waals surface area contributed by atoms with Gasteiger partial charge in [0.05, 0.1) is 12.1 Å². The molecule has 0 bridgehead atoms. The van der Waals surface area contributed by atoms with Crippen molar-refractivity contribution in [1.82, 2.24) is 10.2 Å². The maximum atomic E-state index is 5.73. The van der Waals surface area contributed by atoms with E-state index >= 15 is 0 Å². The highest BCUT2D eigenvalue weighted by Crippen LogP contribution is 2.34. The summed E-state index contributed by atoms with van der Waals surface area (Å²) in [7, 11) is 0. The third-order valence-electron chi connectivity index (χ3n) is 4.37. The van der Waals surface area contributed by atoms with Crippen molar-refractivity contribution < 1.29 is 4.74 Å². The molecular weight excluding hydrogens is 188 g/mol. The van der Waals surface area contributed by atoms with E-state index in [0.717, 1.165) is 25.8 Å². The van der Waals surface area contributed by atoms with Crippen molar-refractivity contribution in [3.63, 3.8) is 0 Å². The van der Waals surface area contributed by atoms with Gasteiger partial charge in [-0.2, -0.15) is 0 Å². The van der Waals surface area contributed by atoms with Gasteiger partial charge in [0.25, 0.3) is 0 Å². The molecule has 0 aromatic carbocycles. The Balaban J connectivity index is 1.79. The molecule has 0 aromatic heterocycles. The van der Waals surface area contributed by atoms with Crippen LogP contribution in [0.15, 0.2) is 0 Å². The monoisotopic (exact) mass is 210 g/mol. The number of hydrogen-bond acceptors (Lipinski definition) is 3. The molecular formula is C12H22N2O. The highest BCUT2D eigenvalue weighted by Gasteiger charge is 2.45. The predicted molar refractivity (Wildman–Crippen MR) is 60.0 cm³/mol. The van der Waals surface area contributed by atoms with E-state index in [9.17, 15) is 0 Å². The molecule has 0 amide bonds. The minimum Gasteiger partial charge on any atom is -0.379 e. The van der Waals surface area contributed by atoms with E-state index in [1.165, 1.54) is 45.2 Å². The Kier molecular flexibility index (Phi) is 2.71. The van der Waals surface area contributed by atoms with Gasteiger partial charge >= 0.3 is 0 Å². The van der Waals surface area contributed by atoms with Crippen LogP contribution >= 0.6 is 0 Å². The fourth-order valence-electron chi connectivity index (χ4n) is 3.61. The maximum Gasteiger partial charge on any atom is 0.0662 e. The van der Waals surface area contributed by atoms with Crippen LogP contribution in [0.1, 0.15) is 32.1 Å². The van der Waals surface area contributed by atoms with E-state index in [1.807, 2.05) is 0 Å². The van der Waals surface area contributed by atoms with Crippen LogP contribution in [0.5, 0.6) is 0 Å². The summed E-state index contributed by atoms with van der Waals surface area (Å²) < 4.78 is 5.73. The zero-order valence-corrected chi connectivity index (χ0v) is 9.50. The molecule has 3 aliphatic heterocycles. The van der Waals surface area contributed by atoms with Crippen LogP contribution in [0.3, 0.4) is 0 Å². The molecule has 3 saturated heterocycles. The Morgan fingerprint density at radius 1 is 1.27 bits per heavy atom. The summed E-state index contributed by atoms with van der Waals surface area (Å²) >= 11 is 0. The lowest BCUT2D eigenvalue weighted by Crippen LogP contribution is -2.69. The molecule has 0 aliphatic carbocycles. The largest absolute Gasteiger partial charge is 0.379 e. The normalized spacial score (nSPS) is 42.8. The number of rotatable bonds is 0. The van der Waals surface area contributed by atoms with E-state index in [1.54, 1.807) is 0 Å². The van der Waals surface area contributed by atoms with Gasteiger partial charge in [0.1, 0.15) is 0 Å². The van der Waals surface area contributed by atoms with Crippen molar-refractivity contribution in [1.29, 1.82) is 0 Å². The lowest BCUT2D eigenvalue weighted by Gasteiger charge is -2.55. The lowest BCUT2D eigenvalue weighted by molar-refractivity contribution is -0.0922. The Bertz CT molecular complexity index is 218. The van der Waals surface area contributed by atoms with Gasteiger partial charge in [-0.3, -0.25) is 4.90 Å². The second-order valence-corrected chi connectivity index (χ2v) is 5.35. The zero-order valence-electron chi connectivity index (χ0n) is 9.50. The quantitative estimate of drug-likeness (QED) is 0.645. The van der Waals surface area contributed by atoms with E-state index < -0.39 is 0 Å². The Labute approximate surface area is 92.2 Å². The van der Waals surface area contributed by atoms with Gasteiger partial charge in [-0.05, 0) is 32.2 Å². The summed E-state index contributed by atoms with van der Waals surface area (Å²) in [5, 5.41) is 3.62. The lowest BCUT2D eigenvalue weighted by atomic mass is 9.83. The summed E-state index contributed by atoms with van der Waals surface area (Å²) in [4.78, 5) is 2.77. The van der Waals surface area contributed by atoms with Gasteiger partial charge in [0.2, 0.25) is 0 Å². The second kappa shape index (κ2) is 4.04. The molecule has 2 unspecified atom stereocenters. The number of piperazine rings is 1. The molecule has 0 saturated carbocycles. The van der Waals surface area contributed by atoms with Crippen molar-refractivity contribution >= 4 is 0 Å². The fraction of sp³-hybridized carbons (Fsp3) is 1.00. The molecule has 3 aliphatic rings. The number of hydrogen-bond donors (Lipinski definition) is 1. The van der Waals surface area contributed by atoms with Gasteiger partial charge < -0.3 is 10.1 Å². The molecule has 1 spiro atoms. The molecule has 3 rings (SSSR count). The molecule has 15 heavy (non-hydrogen) atoms. The van der Waals surface area contributed by atoms with Crippen molar-refractivity contribution in [2.24, 2.45) is 0 Å². The van der Waals surface area contributed by atoms with E-state index in [-0.39, 0.29) is 0 Å². The van der Waals surface area contributed by atoms with E-state index in [4.69, 9.17) is 4.74 Å². The third kappa shape index (κ3) is 1.71. The van der Waals surface area contributed by atoms with Crippen LogP contribution in [-0.4, -0.2) is 49.3 Å². The molecule has 2 atom stereocenters. The molecule has 0 radical (unpaired) electrons.